The van der Waals surface area contributed by atoms with Gasteiger partial charge in [-0.15, -0.1) is 5.06 Å². The minimum absolute atomic E-state index is 0.0822. The molecule has 0 aliphatic carbocycles. The quantitative estimate of drug-likeness (QED) is 0.743. The van der Waals surface area contributed by atoms with Crippen LogP contribution in [-0.2, 0) is 14.4 Å². The SMILES string of the molecule is CC(C)(C)OC(=O)ON1CCC(c2ccccn2)CC1.NC(=O)C1CCCNC1. The van der Waals surface area contributed by atoms with Crippen molar-refractivity contribution in [3.63, 3.8) is 0 Å². The molecule has 3 heterocycles. The van der Waals surface area contributed by atoms with E-state index >= 15 is 0 Å². The minimum Gasteiger partial charge on any atom is -0.427 e. The first-order valence-electron chi connectivity index (χ1n) is 10.3. The summed E-state index contributed by atoms with van der Waals surface area (Å²) in [7, 11) is 0. The number of nitrogens with two attached hydrogens (primary N) is 1. The standard InChI is InChI=1S/C15H22N2O3.C6H12N2O/c1-15(2,3)19-14(18)20-17-10-7-12(8-11-17)13-6-4-5-9-16-13;7-6(9)5-2-1-3-8-4-5/h4-6,9,12H,7-8,10-11H2,1-3H3;5,8H,1-4H2,(H2,7,9). The number of pyridine rings is 1. The molecule has 1 unspecified atom stereocenters. The van der Waals surface area contributed by atoms with E-state index in [0.29, 0.717) is 19.0 Å². The summed E-state index contributed by atoms with van der Waals surface area (Å²) >= 11 is 0. The van der Waals surface area contributed by atoms with Crippen molar-refractivity contribution < 1.29 is 19.2 Å². The molecule has 8 heteroatoms. The molecule has 1 amide bonds. The highest BCUT2D eigenvalue weighted by Crippen LogP contribution is 2.26. The predicted molar refractivity (Wildman–Crippen MR) is 110 cm³/mol. The summed E-state index contributed by atoms with van der Waals surface area (Å²) in [5.74, 6) is 0.357. The molecule has 2 aliphatic rings. The average Bonchev–Trinajstić information content (AvgIpc) is 2.69. The number of rotatable bonds is 3. The van der Waals surface area contributed by atoms with Crippen LogP contribution in [0.2, 0.25) is 0 Å². The van der Waals surface area contributed by atoms with Crippen molar-refractivity contribution in [2.45, 2.75) is 58.0 Å². The Bertz CT molecular complexity index is 634. The number of nitrogens with zero attached hydrogens (tertiary/aromatic N) is 2. The highest BCUT2D eigenvalue weighted by atomic mass is 16.8. The fraction of sp³-hybridized carbons (Fsp3) is 0.667. The molecule has 0 saturated carbocycles. The smallest absolute Gasteiger partial charge is 0.427 e. The van der Waals surface area contributed by atoms with E-state index < -0.39 is 11.8 Å². The van der Waals surface area contributed by atoms with Crippen molar-refractivity contribution in [2.24, 2.45) is 11.7 Å². The number of nitrogens with one attached hydrogen (secondary N) is 1. The van der Waals surface area contributed by atoms with Crippen molar-refractivity contribution in [3.05, 3.63) is 30.1 Å². The third-order valence-electron chi connectivity index (χ3n) is 4.85. The van der Waals surface area contributed by atoms with Gasteiger partial charge in [0.15, 0.2) is 0 Å². The first-order chi connectivity index (χ1) is 13.7. The Balaban J connectivity index is 0.000000278. The van der Waals surface area contributed by atoms with Crippen LogP contribution < -0.4 is 11.1 Å². The van der Waals surface area contributed by atoms with Gasteiger partial charge < -0.3 is 20.6 Å². The number of ether oxygens (including phenoxy) is 1. The molecule has 2 fully saturated rings. The lowest BCUT2D eigenvalue weighted by molar-refractivity contribution is -0.152. The zero-order valence-corrected chi connectivity index (χ0v) is 17.7. The van der Waals surface area contributed by atoms with Gasteiger partial charge in [-0.05, 0) is 65.1 Å². The molecule has 1 aromatic heterocycles. The van der Waals surface area contributed by atoms with Crippen LogP contribution >= 0.6 is 0 Å². The number of amides is 1. The predicted octanol–water partition coefficient (Wildman–Crippen LogP) is 2.60. The van der Waals surface area contributed by atoms with Gasteiger partial charge in [-0.1, -0.05) is 6.07 Å². The van der Waals surface area contributed by atoms with Gasteiger partial charge in [0, 0.05) is 37.4 Å². The number of piperidine rings is 2. The summed E-state index contributed by atoms with van der Waals surface area (Å²) < 4.78 is 5.14. The lowest BCUT2D eigenvalue weighted by Crippen LogP contribution is -2.37. The highest BCUT2D eigenvalue weighted by Gasteiger charge is 2.26. The number of primary amides is 1. The second-order valence-corrected chi connectivity index (χ2v) is 8.46. The van der Waals surface area contributed by atoms with E-state index in [9.17, 15) is 9.59 Å². The number of carbonyl (C=O) groups excluding carboxylic acids is 2. The summed E-state index contributed by atoms with van der Waals surface area (Å²) in [5, 5.41) is 4.79. The Kier molecular flexibility index (Phi) is 8.85. The maximum Gasteiger partial charge on any atom is 0.528 e. The number of carbonyl (C=O) groups is 2. The third-order valence-corrected chi connectivity index (χ3v) is 4.85. The van der Waals surface area contributed by atoms with Crippen LogP contribution in [0, 0.1) is 5.92 Å². The average molecular weight is 407 g/mol. The van der Waals surface area contributed by atoms with Crippen LogP contribution in [0.5, 0.6) is 0 Å². The maximum absolute atomic E-state index is 11.6. The van der Waals surface area contributed by atoms with Gasteiger partial charge in [0.25, 0.3) is 0 Å². The fourth-order valence-corrected chi connectivity index (χ4v) is 3.33. The Morgan fingerprint density at radius 1 is 1.21 bits per heavy atom. The van der Waals surface area contributed by atoms with Crippen LogP contribution in [0.25, 0.3) is 0 Å². The molecule has 2 aliphatic heterocycles. The molecule has 3 N–H and O–H groups in total. The molecule has 0 spiro atoms. The van der Waals surface area contributed by atoms with Crippen LogP contribution in [-0.4, -0.2) is 53.9 Å². The summed E-state index contributed by atoms with van der Waals surface area (Å²) in [5.41, 5.74) is 5.68. The van der Waals surface area contributed by atoms with Crippen molar-refractivity contribution in [2.75, 3.05) is 26.2 Å². The minimum atomic E-state index is -0.631. The van der Waals surface area contributed by atoms with Crippen molar-refractivity contribution in [3.8, 4) is 0 Å². The van der Waals surface area contributed by atoms with Gasteiger partial charge in [-0.3, -0.25) is 9.78 Å². The van der Waals surface area contributed by atoms with Crippen molar-refractivity contribution in [1.82, 2.24) is 15.4 Å². The van der Waals surface area contributed by atoms with E-state index in [1.165, 1.54) is 0 Å². The van der Waals surface area contributed by atoms with Gasteiger partial charge in [-0.2, -0.15) is 0 Å². The maximum atomic E-state index is 11.6. The number of aromatic nitrogens is 1. The lowest BCUT2D eigenvalue weighted by atomic mass is 9.94. The number of hydroxylamine groups is 2. The number of hydrogen-bond acceptors (Lipinski definition) is 7. The fourth-order valence-electron chi connectivity index (χ4n) is 3.33. The Morgan fingerprint density at radius 3 is 2.41 bits per heavy atom. The first kappa shape index (κ1) is 23.1. The molecular weight excluding hydrogens is 372 g/mol. The van der Waals surface area contributed by atoms with Gasteiger partial charge in [0.05, 0.1) is 5.92 Å². The first-order valence-corrected chi connectivity index (χ1v) is 10.3. The Morgan fingerprint density at radius 2 is 1.93 bits per heavy atom. The second-order valence-electron chi connectivity index (χ2n) is 8.46. The second kappa shape index (κ2) is 11.1. The van der Waals surface area contributed by atoms with E-state index in [2.05, 4.69) is 16.4 Å². The molecule has 2 saturated heterocycles. The van der Waals surface area contributed by atoms with Crippen LogP contribution in [0.15, 0.2) is 24.4 Å². The molecule has 0 radical (unpaired) electrons. The van der Waals surface area contributed by atoms with Gasteiger partial charge in [0.2, 0.25) is 5.91 Å². The molecule has 29 heavy (non-hydrogen) atoms. The van der Waals surface area contributed by atoms with Crippen LogP contribution in [0.1, 0.15) is 58.1 Å². The molecular formula is C21H34N4O4. The van der Waals surface area contributed by atoms with Crippen LogP contribution in [0.4, 0.5) is 4.79 Å². The molecule has 3 rings (SSSR count). The normalized spacial score (nSPS) is 20.9. The summed E-state index contributed by atoms with van der Waals surface area (Å²) in [6.07, 6.45) is 5.09. The summed E-state index contributed by atoms with van der Waals surface area (Å²) in [4.78, 5) is 31.7. The van der Waals surface area contributed by atoms with E-state index in [4.69, 9.17) is 15.3 Å². The molecule has 0 bridgehead atoms. The molecule has 162 valence electrons. The van der Waals surface area contributed by atoms with Gasteiger partial charge in [0.1, 0.15) is 5.60 Å². The van der Waals surface area contributed by atoms with E-state index in [1.807, 2.05) is 39.1 Å². The van der Waals surface area contributed by atoms with Crippen LogP contribution in [0.3, 0.4) is 0 Å². The Labute approximate surface area is 173 Å². The van der Waals surface area contributed by atoms with Gasteiger partial charge in [-0.25, -0.2) is 4.79 Å². The topological polar surface area (TPSA) is 107 Å². The number of hydrogen-bond donors (Lipinski definition) is 2. The third kappa shape index (κ3) is 8.79. The largest absolute Gasteiger partial charge is 0.528 e. The highest BCUT2D eigenvalue weighted by molar-refractivity contribution is 5.76. The van der Waals surface area contributed by atoms with Crippen molar-refractivity contribution in [1.29, 1.82) is 0 Å². The van der Waals surface area contributed by atoms with E-state index in [1.54, 1.807) is 5.06 Å². The summed E-state index contributed by atoms with van der Waals surface area (Å²) in [6, 6.07) is 5.98. The zero-order valence-electron chi connectivity index (χ0n) is 17.7. The van der Waals surface area contributed by atoms with E-state index in [-0.39, 0.29) is 11.8 Å². The molecule has 0 aromatic carbocycles. The van der Waals surface area contributed by atoms with Gasteiger partial charge >= 0.3 is 6.16 Å². The lowest BCUT2D eigenvalue weighted by Gasteiger charge is -2.30. The molecule has 8 nitrogen and oxygen atoms in total. The summed E-state index contributed by atoms with van der Waals surface area (Å²) in [6.45, 7) is 8.69. The van der Waals surface area contributed by atoms with Crippen molar-refractivity contribution >= 4 is 12.1 Å². The van der Waals surface area contributed by atoms with E-state index in [0.717, 1.165) is 44.5 Å². The zero-order chi connectivity index (χ0) is 21.3. The molecule has 1 aromatic rings. The molecule has 1 atom stereocenters. The monoisotopic (exact) mass is 406 g/mol. The Hall–Kier alpha value is -2.19.